The standard InChI is InChI=1S/C14H13F3N2O2/c15-14(16,17)11-6-9(5-4-8(11)7-18)19-12-3-1-2-10(12)13(20)21/h4-6,10,12,19H,1-3H2,(H,20,21). The van der Waals surface area contributed by atoms with Gasteiger partial charge in [-0.25, -0.2) is 0 Å². The number of nitrogens with one attached hydrogen (secondary N) is 1. The lowest BCUT2D eigenvalue weighted by Gasteiger charge is -2.20. The van der Waals surface area contributed by atoms with Crippen LogP contribution in [0.4, 0.5) is 18.9 Å². The molecule has 0 aromatic heterocycles. The second kappa shape index (κ2) is 5.64. The van der Waals surface area contributed by atoms with Crippen molar-refractivity contribution >= 4 is 11.7 Å². The summed E-state index contributed by atoms with van der Waals surface area (Å²) in [5, 5.41) is 20.6. The highest BCUT2D eigenvalue weighted by Gasteiger charge is 2.35. The molecule has 0 amide bonds. The van der Waals surface area contributed by atoms with E-state index < -0.39 is 35.2 Å². The first-order chi connectivity index (χ1) is 9.82. The Kier molecular flexibility index (Phi) is 4.07. The zero-order chi connectivity index (χ0) is 15.6. The number of hydrogen-bond acceptors (Lipinski definition) is 3. The van der Waals surface area contributed by atoms with E-state index in [1.165, 1.54) is 12.1 Å². The van der Waals surface area contributed by atoms with Crippen molar-refractivity contribution in [2.45, 2.75) is 31.5 Å². The van der Waals surface area contributed by atoms with Crippen molar-refractivity contribution in [3.63, 3.8) is 0 Å². The Hall–Kier alpha value is -2.23. The normalized spacial score (nSPS) is 21.8. The highest BCUT2D eigenvalue weighted by Crippen LogP contribution is 2.35. The van der Waals surface area contributed by atoms with Gasteiger partial charge in [0, 0.05) is 11.7 Å². The van der Waals surface area contributed by atoms with Crippen molar-refractivity contribution < 1.29 is 23.1 Å². The number of aliphatic carboxylic acids is 1. The van der Waals surface area contributed by atoms with Crippen LogP contribution in [0.15, 0.2) is 18.2 Å². The topological polar surface area (TPSA) is 73.1 Å². The maximum absolute atomic E-state index is 12.9. The highest BCUT2D eigenvalue weighted by atomic mass is 19.4. The lowest BCUT2D eigenvalue weighted by molar-refractivity contribution is -0.141. The van der Waals surface area contributed by atoms with E-state index in [2.05, 4.69) is 5.32 Å². The Bertz CT molecular complexity index is 593. The Morgan fingerprint density at radius 3 is 2.67 bits per heavy atom. The van der Waals surface area contributed by atoms with Crippen LogP contribution < -0.4 is 5.32 Å². The van der Waals surface area contributed by atoms with Crippen molar-refractivity contribution in [3.05, 3.63) is 29.3 Å². The van der Waals surface area contributed by atoms with Gasteiger partial charge in [0.2, 0.25) is 0 Å². The summed E-state index contributed by atoms with van der Waals surface area (Å²) in [4.78, 5) is 11.1. The number of alkyl halides is 3. The number of nitrogens with zero attached hydrogens (tertiary/aromatic N) is 1. The maximum Gasteiger partial charge on any atom is 0.417 e. The van der Waals surface area contributed by atoms with Gasteiger partial charge >= 0.3 is 12.1 Å². The molecule has 112 valence electrons. The summed E-state index contributed by atoms with van der Waals surface area (Å²) >= 11 is 0. The van der Waals surface area contributed by atoms with Crippen LogP contribution >= 0.6 is 0 Å². The first kappa shape index (κ1) is 15.2. The van der Waals surface area contributed by atoms with Crippen LogP contribution in [0, 0.1) is 17.2 Å². The molecule has 1 aliphatic rings. The summed E-state index contributed by atoms with van der Waals surface area (Å²) in [5.41, 5.74) is -1.28. The smallest absolute Gasteiger partial charge is 0.417 e. The molecule has 0 radical (unpaired) electrons. The van der Waals surface area contributed by atoms with Gasteiger partial charge in [-0.1, -0.05) is 6.42 Å². The first-order valence-electron chi connectivity index (χ1n) is 6.43. The third-order valence-electron chi connectivity index (χ3n) is 3.63. The van der Waals surface area contributed by atoms with E-state index in [4.69, 9.17) is 10.4 Å². The average Bonchev–Trinajstić information content (AvgIpc) is 2.86. The molecule has 1 aliphatic carbocycles. The van der Waals surface area contributed by atoms with E-state index in [1.807, 2.05) is 0 Å². The zero-order valence-electron chi connectivity index (χ0n) is 10.9. The number of rotatable bonds is 3. The largest absolute Gasteiger partial charge is 0.481 e. The summed E-state index contributed by atoms with van der Waals surface area (Å²) in [6.45, 7) is 0. The second-order valence-corrected chi connectivity index (χ2v) is 5.00. The molecule has 2 rings (SSSR count). The number of carboxylic acids is 1. The van der Waals surface area contributed by atoms with Gasteiger partial charge in [0.15, 0.2) is 0 Å². The maximum atomic E-state index is 12.9. The Morgan fingerprint density at radius 2 is 2.10 bits per heavy atom. The van der Waals surface area contributed by atoms with Crippen molar-refractivity contribution in [2.75, 3.05) is 5.32 Å². The number of nitriles is 1. The van der Waals surface area contributed by atoms with E-state index in [9.17, 15) is 18.0 Å². The number of benzene rings is 1. The number of anilines is 1. The van der Waals surface area contributed by atoms with Crippen LogP contribution in [0.25, 0.3) is 0 Å². The summed E-state index contributed by atoms with van der Waals surface area (Å²) in [6.07, 6.45) is -2.80. The monoisotopic (exact) mass is 298 g/mol. The van der Waals surface area contributed by atoms with Gasteiger partial charge < -0.3 is 10.4 Å². The van der Waals surface area contributed by atoms with Gasteiger partial charge in [0.25, 0.3) is 0 Å². The van der Waals surface area contributed by atoms with Crippen LogP contribution in [-0.2, 0) is 11.0 Å². The van der Waals surface area contributed by atoms with E-state index in [0.29, 0.717) is 12.8 Å². The molecule has 2 atom stereocenters. The van der Waals surface area contributed by atoms with Crippen molar-refractivity contribution in [1.82, 2.24) is 0 Å². The molecule has 0 aliphatic heterocycles. The minimum Gasteiger partial charge on any atom is -0.481 e. The Morgan fingerprint density at radius 1 is 1.38 bits per heavy atom. The van der Waals surface area contributed by atoms with Gasteiger partial charge in [-0.2, -0.15) is 18.4 Å². The summed E-state index contributed by atoms with van der Waals surface area (Å²) < 4.78 is 38.6. The van der Waals surface area contributed by atoms with Crippen molar-refractivity contribution in [3.8, 4) is 6.07 Å². The van der Waals surface area contributed by atoms with Gasteiger partial charge in [-0.05, 0) is 31.0 Å². The molecule has 7 heteroatoms. The lowest BCUT2D eigenvalue weighted by Crippen LogP contribution is -2.29. The molecule has 0 spiro atoms. The van der Waals surface area contributed by atoms with Gasteiger partial charge in [0.1, 0.15) is 0 Å². The molecule has 1 aromatic rings. The lowest BCUT2D eigenvalue weighted by atomic mass is 10.0. The van der Waals surface area contributed by atoms with E-state index in [-0.39, 0.29) is 5.69 Å². The Balaban J connectivity index is 2.26. The van der Waals surface area contributed by atoms with Crippen LogP contribution in [0.3, 0.4) is 0 Å². The van der Waals surface area contributed by atoms with Crippen molar-refractivity contribution in [2.24, 2.45) is 5.92 Å². The number of carboxylic acid groups (broad SMARTS) is 1. The van der Waals surface area contributed by atoms with Crippen LogP contribution in [0.5, 0.6) is 0 Å². The number of carbonyl (C=O) groups is 1. The average molecular weight is 298 g/mol. The summed E-state index contributed by atoms with van der Waals surface area (Å²) in [5.74, 6) is -1.55. The predicted molar refractivity (Wildman–Crippen MR) is 68.5 cm³/mol. The SMILES string of the molecule is N#Cc1ccc(NC2CCCC2C(=O)O)cc1C(F)(F)F. The summed E-state index contributed by atoms with van der Waals surface area (Å²) in [7, 11) is 0. The zero-order valence-corrected chi connectivity index (χ0v) is 10.9. The van der Waals surface area contributed by atoms with E-state index >= 15 is 0 Å². The molecular formula is C14H13F3N2O2. The molecule has 4 nitrogen and oxygen atoms in total. The first-order valence-corrected chi connectivity index (χ1v) is 6.43. The quantitative estimate of drug-likeness (QED) is 0.898. The minimum absolute atomic E-state index is 0.180. The van der Waals surface area contributed by atoms with Gasteiger partial charge in [-0.3, -0.25) is 4.79 Å². The van der Waals surface area contributed by atoms with Crippen LogP contribution in [-0.4, -0.2) is 17.1 Å². The molecule has 1 fully saturated rings. The Labute approximate surface area is 119 Å². The molecule has 1 aromatic carbocycles. The number of hydrogen-bond donors (Lipinski definition) is 2. The van der Waals surface area contributed by atoms with E-state index in [0.717, 1.165) is 18.6 Å². The minimum atomic E-state index is -4.62. The molecule has 1 saturated carbocycles. The molecule has 0 heterocycles. The van der Waals surface area contributed by atoms with Gasteiger partial charge in [-0.15, -0.1) is 0 Å². The molecule has 2 N–H and O–H groups in total. The molecule has 0 bridgehead atoms. The summed E-state index contributed by atoms with van der Waals surface area (Å²) in [6, 6.07) is 4.43. The molecule has 0 saturated heterocycles. The molecule has 21 heavy (non-hydrogen) atoms. The third kappa shape index (κ3) is 3.27. The highest BCUT2D eigenvalue weighted by molar-refractivity contribution is 5.72. The van der Waals surface area contributed by atoms with Crippen LogP contribution in [0.1, 0.15) is 30.4 Å². The molecule has 2 unspecified atom stereocenters. The fourth-order valence-electron chi connectivity index (χ4n) is 2.61. The fourth-order valence-corrected chi connectivity index (χ4v) is 2.61. The van der Waals surface area contributed by atoms with Crippen LogP contribution in [0.2, 0.25) is 0 Å². The predicted octanol–water partition coefficient (Wildman–Crippen LogP) is 3.24. The second-order valence-electron chi connectivity index (χ2n) is 5.00. The fraction of sp³-hybridized carbons (Fsp3) is 0.429. The van der Waals surface area contributed by atoms with E-state index in [1.54, 1.807) is 0 Å². The van der Waals surface area contributed by atoms with Gasteiger partial charge in [0.05, 0.1) is 23.1 Å². The van der Waals surface area contributed by atoms with Crippen molar-refractivity contribution in [1.29, 1.82) is 5.26 Å². The third-order valence-corrected chi connectivity index (χ3v) is 3.63. The molecular weight excluding hydrogens is 285 g/mol. The number of halogens is 3.